The zero-order valence-electron chi connectivity index (χ0n) is 16.1. The maximum absolute atomic E-state index is 5.80. The standard InChI is InChI=1S/C20H25N5O.HI/c1-20(2,3)16-12-23-17(26-16)13-25-19(21-4)24-11-15-8-5-7-14-9-6-10-22-18(14)15;/h5-10,12H,11,13H2,1-4H3,(H2,21,24,25);1H. The molecular formula is C20H26IN5O. The lowest BCUT2D eigenvalue weighted by Crippen LogP contribution is -2.36. The van der Waals surface area contributed by atoms with Crippen molar-refractivity contribution in [3.05, 3.63) is 59.9 Å². The largest absolute Gasteiger partial charge is 0.443 e. The van der Waals surface area contributed by atoms with E-state index in [1.54, 1.807) is 13.2 Å². The van der Waals surface area contributed by atoms with Gasteiger partial charge in [0.05, 0.1) is 18.3 Å². The van der Waals surface area contributed by atoms with E-state index in [4.69, 9.17) is 4.42 Å². The minimum atomic E-state index is -0.0491. The van der Waals surface area contributed by atoms with Crippen LogP contribution in [0, 0.1) is 0 Å². The number of aliphatic imine (C=N–C) groups is 1. The van der Waals surface area contributed by atoms with Gasteiger partial charge in [0, 0.05) is 30.6 Å². The number of oxazole rings is 1. The highest BCUT2D eigenvalue weighted by atomic mass is 127. The minimum Gasteiger partial charge on any atom is -0.443 e. The highest BCUT2D eigenvalue weighted by Crippen LogP contribution is 2.22. The lowest BCUT2D eigenvalue weighted by Gasteiger charge is -2.13. The Morgan fingerprint density at radius 3 is 2.52 bits per heavy atom. The zero-order chi connectivity index (χ0) is 18.6. The number of pyridine rings is 1. The van der Waals surface area contributed by atoms with E-state index in [1.807, 2.05) is 18.3 Å². The predicted octanol–water partition coefficient (Wildman–Crippen LogP) is 4.00. The highest BCUT2D eigenvalue weighted by molar-refractivity contribution is 14.0. The molecule has 0 atom stereocenters. The summed E-state index contributed by atoms with van der Waals surface area (Å²) in [5.74, 6) is 2.21. The van der Waals surface area contributed by atoms with Crippen LogP contribution in [0.1, 0.15) is 38.0 Å². The van der Waals surface area contributed by atoms with Gasteiger partial charge in [-0.25, -0.2) is 4.98 Å². The first-order valence-electron chi connectivity index (χ1n) is 8.69. The van der Waals surface area contributed by atoms with Gasteiger partial charge in [0.15, 0.2) is 5.96 Å². The minimum absolute atomic E-state index is 0. The molecule has 0 bridgehead atoms. The second-order valence-corrected chi connectivity index (χ2v) is 7.14. The summed E-state index contributed by atoms with van der Waals surface area (Å²) < 4.78 is 5.80. The van der Waals surface area contributed by atoms with Gasteiger partial charge in [0.25, 0.3) is 0 Å². The van der Waals surface area contributed by atoms with E-state index in [2.05, 4.69) is 64.6 Å². The number of fused-ring (bicyclic) bond motifs is 1. The Bertz CT molecular complexity index is 909. The van der Waals surface area contributed by atoms with Gasteiger partial charge in [-0.15, -0.1) is 24.0 Å². The van der Waals surface area contributed by atoms with E-state index >= 15 is 0 Å². The lowest BCUT2D eigenvalue weighted by atomic mass is 9.94. The van der Waals surface area contributed by atoms with E-state index < -0.39 is 0 Å². The summed E-state index contributed by atoms with van der Waals surface area (Å²) in [7, 11) is 1.74. The lowest BCUT2D eigenvalue weighted by molar-refractivity contribution is 0.379. The van der Waals surface area contributed by atoms with Crippen molar-refractivity contribution in [2.75, 3.05) is 7.05 Å². The van der Waals surface area contributed by atoms with Crippen molar-refractivity contribution in [2.45, 2.75) is 39.3 Å². The summed E-state index contributed by atoms with van der Waals surface area (Å²) >= 11 is 0. The van der Waals surface area contributed by atoms with E-state index in [0.29, 0.717) is 24.9 Å². The van der Waals surface area contributed by atoms with Gasteiger partial charge >= 0.3 is 0 Å². The first kappa shape index (κ1) is 21.1. The molecule has 2 heterocycles. The third-order valence-corrected chi connectivity index (χ3v) is 4.09. The number of nitrogens with one attached hydrogen (secondary N) is 2. The first-order valence-corrected chi connectivity index (χ1v) is 8.69. The Balaban J connectivity index is 0.00000261. The van der Waals surface area contributed by atoms with Gasteiger partial charge in [0.2, 0.25) is 5.89 Å². The highest BCUT2D eigenvalue weighted by Gasteiger charge is 2.19. The second-order valence-electron chi connectivity index (χ2n) is 7.14. The topological polar surface area (TPSA) is 75.3 Å². The molecule has 0 saturated carbocycles. The van der Waals surface area contributed by atoms with E-state index in [0.717, 1.165) is 22.2 Å². The summed E-state index contributed by atoms with van der Waals surface area (Å²) in [6, 6.07) is 10.2. The Morgan fingerprint density at radius 1 is 1.07 bits per heavy atom. The van der Waals surface area contributed by atoms with Crippen molar-refractivity contribution in [2.24, 2.45) is 4.99 Å². The maximum Gasteiger partial charge on any atom is 0.213 e. The van der Waals surface area contributed by atoms with Crippen LogP contribution in [0.4, 0.5) is 0 Å². The van der Waals surface area contributed by atoms with Crippen molar-refractivity contribution in [1.82, 2.24) is 20.6 Å². The third-order valence-electron chi connectivity index (χ3n) is 4.09. The Hall–Kier alpha value is -2.16. The number of halogens is 1. The third kappa shape index (κ3) is 5.41. The zero-order valence-corrected chi connectivity index (χ0v) is 18.4. The van der Waals surface area contributed by atoms with Crippen molar-refractivity contribution in [3.8, 4) is 0 Å². The summed E-state index contributed by atoms with van der Waals surface area (Å²) in [5, 5.41) is 7.67. The van der Waals surface area contributed by atoms with Gasteiger partial charge in [-0.05, 0) is 11.6 Å². The van der Waals surface area contributed by atoms with Gasteiger partial charge < -0.3 is 15.1 Å². The SMILES string of the molecule is CN=C(NCc1ncc(C(C)(C)C)o1)NCc1cccc2cccnc12.I. The molecule has 0 aliphatic heterocycles. The fourth-order valence-corrected chi connectivity index (χ4v) is 2.61. The monoisotopic (exact) mass is 479 g/mol. The van der Waals surface area contributed by atoms with Crippen molar-refractivity contribution >= 4 is 40.8 Å². The van der Waals surface area contributed by atoms with Gasteiger partial charge in [-0.1, -0.05) is 45.0 Å². The average Bonchev–Trinajstić information content (AvgIpc) is 3.11. The summed E-state index contributed by atoms with van der Waals surface area (Å²) in [6.45, 7) is 7.41. The molecule has 1 aromatic carbocycles. The number of rotatable bonds is 4. The molecule has 27 heavy (non-hydrogen) atoms. The molecule has 3 rings (SSSR count). The Kier molecular flexibility index (Phi) is 7.18. The number of benzene rings is 1. The summed E-state index contributed by atoms with van der Waals surface area (Å²) in [5.41, 5.74) is 2.07. The van der Waals surface area contributed by atoms with Crippen LogP contribution in [-0.2, 0) is 18.5 Å². The molecule has 3 aromatic rings. The molecule has 2 aromatic heterocycles. The van der Waals surface area contributed by atoms with Crippen LogP contribution in [0.15, 0.2) is 52.1 Å². The fourth-order valence-electron chi connectivity index (χ4n) is 2.61. The molecule has 2 N–H and O–H groups in total. The number of hydrogen-bond donors (Lipinski definition) is 2. The van der Waals surface area contributed by atoms with Gasteiger partial charge in [-0.3, -0.25) is 9.98 Å². The quantitative estimate of drug-likeness (QED) is 0.336. The normalized spacial score (nSPS) is 11.9. The van der Waals surface area contributed by atoms with Crippen LogP contribution in [-0.4, -0.2) is 23.0 Å². The first-order chi connectivity index (χ1) is 12.5. The van der Waals surface area contributed by atoms with Crippen molar-refractivity contribution < 1.29 is 4.42 Å². The molecule has 0 amide bonds. The maximum atomic E-state index is 5.80. The van der Waals surface area contributed by atoms with Gasteiger partial charge in [-0.2, -0.15) is 0 Å². The van der Waals surface area contributed by atoms with E-state index in [-0.39, 0.29) is 29.4 Å². The summed E-state index contributed by atoms with van der Waals surface area (Å²) in [6.07, 6.45) is 3.60. The molecular weight excluding hydrogens is 453 g/mol. The van der Waals surface area contributed by atoms with Crippen molar-refractivity contribution in [3.63, 3.8) is 0 Å². The molecule has 7 heteroatoms. The van der Waals surface area contributed by atoms with Gasteiger partial charge in [0.1, 0.15) is 5.76 Å². The Morgan fingerprint density at radius 2 is 1.81 bits per heavy atom. The predicted molar refractivity (Wildman–Crippen MR) is 119 cm³/mol. The fraction of sp³-hybridized carbons (Fsp3) is 0.350. The second kappa shape index (κ2) is 9.16. The van der Waals surface area contributed by atoms with Crippen LogP contribution in [0.2, 0.25) is 0 Å². The number of hydrogen-bond acceptors (Lipinski definition) is 4. The average molecular weight is 479 g/mol. The molecule has 144 valence electrons. The molecule has 0 saturated heterocycles. The Labute approximate surface area is 176 Å². The number of aromatic nitrogens is 2. The molecule has 6 nitrogen and oxygen atoms in total. The molecule has 0 aliphatic carbocycles. The van der Waals surface area contributed by atoms with Crippen molar-refractivity contribution in [1.29, 1.82) is 0 Å². The number of nitrogens with zero attached hydrogens (tertiary/aromatic N) is 3. The van der Waals surface area contributed by atoms with Crippen LogP contribution in [0.3, 0.4) is 0 Å². The van der Waals surface area contributed by atoms with Crippen LogP contribution >= 0.6 is 24.0 Å². The molecule has 0 aliphatic rings. The van der Waals surface area contributed by atoms with Crippen LogP contribution < -0.4 is 10.6 Å². The number of guanidine groups is 1. The molecule has 0 spiro atoms. The van der Waals surface area contributed by atoms with Crippen LogP contribution in [0.25, 0.3) is 10.9 Å². The molecule has 0 radical (unpaired) electrons. The van der Waals surface area contributed by atoms with Crippen LogP contribution in [0.5, 0.6) is 0 Å². The van der Waals surface area contributed by atoms with E-state index in [9.17, 15) is 0 Å². The molecule has 0 unspecified atom stereocenters. The van der Waals surface area contributed by atoms with E-state index in [1.165, 1.54) is 0 Å². The number of para-hydroxylation sites is 1. The smallest absolute Gasteiger partial charge is 0.213 e. The summed E-state index contributed by atoms with van der Waals surface area (Å²) in [4.78, 5) is 13.1. The molecule has 0 fully saturated rings.